The lowest BCUT2D eigenvalue weighted by molar-refractivity contribution is -0.0825. The molecule has 2 aromatic carbocycles. The summed E-state index contributed by atoms with van der Waals surface area (Å²) in [6.07, 6.45) is 2.95. The maximum absolute atomic E-state index is 6.01. The number of hydrogen-bond acceptors (Lipinski definition) is 4. The Hall–Kier alpha value is -2.14. The molecule has 0 heterocycles. The molecule has 2 aromatic rings. The van der Waals surface area contributed by atoms with Crippen molar-refractivity contribution >= 4 is 11.6 Å². The van der Waals surface area contributed by atoms with Crippen LogP contribution in [0.4, 0.5) is 0 Å². The summed E-state index contributed by atoms with van der Waals surface area (Å²) in [5, 5.41) is 0. The Morgan fingerprint density at radius 3 is 2.31 bits per heavy atom. The van der Waals surface area contributed by atoms with Crippen molar-refractivity contribution < 1.29 is 18.9 Å². The minimum Gasteiger partial charge on any atom is -0.497 e. The van der Waals surface area contributed by atoms with Gasteiger partial charge in [-0.3, -0.25) is 0 Å². The quantitative estimate of drug-likeness (QED) is 0.334. The van der Waals surface area contributed by atoms with Gasteiger partial charge in [0.1, 0.15) is 12.5 Å². The molecule has 0 saturated heterocycles. The van der Waals surface area contributed by atoms with Gasteiger partial charge in [-0.05, 0) is 41.3 Å². The molecule has 0 aromatic heterocycles. The van der Waals surface area contributed by atoms with Gasteiger partial charge < -0.3 is 18.9 Å². The fourth-order valence-electron chi connectivity index (χ4n) is 2.63. The van der Waals surface area contributed by atoms with Crippen molar-refractivity contribution in [1.29, 1.82) is 0 Å². The van der Waals surface area contributed by atoms with Crippen LogP contribution in [0.5, 0.6) is 5.75 Å². The van der Waals surface area contributed by atoms with Crippen LogP contribution in [-0.2, 0) is 14.2 Å². The highest BCUT2D eigenvalue weighted by Crippen LogP contribution is 2.27. The average molecular weight is 356 g/mol. The molecule has 0 spiro atoms. The first-order chi connectivity index (χ1) is 12.8. The number of benzene rings is 2. The van der Waals surface area contributed by atoms with E-state index in [-0.39, 0.29) is 12.9 Å². The first kappa shape index (κ1) is 20.2. The largest absolute Gasteiger partial charge is 0.497 e. The van der Waals surface area contributed by atoms with Crippen LogP contribution in [0, 0.1) is 0 Å². The molecule has 0 saturated carbocycles. The molecule has 0 aliphatic carbocycles. The van der Waals surface area contributed by atoms with Crippen molar-refractivity contribution in [1.82, 2.24) is 0 Å². The van der Waals surface area contributed by atoms with E-state index in [2.05, 4.69) is 37.3 Å². The van der Waals surface area contributed by atoms with Crippen molar-refractivity contribution in [2.75, 3.05) is 34.2 Å². The Kier molecular flexibility index (Phi) is 8.90. The average Bonchev–Trinajstić information content (AvgIpc) is 2.70. The van der Waals surface area contributed by atoms with Crippen LogP contribution in [-0.4, -0.2) is 40.3 Å². The van der Waals surface area contributed by atoms with Gasteiger partial charge in [-0.1, -0.05) is 49.4 Å². The Bertz CT molecular complexity index is 650. The molecule has 1 atom stereocenters. The Labute approximate surface area is 156 Å². The molecule has 0 amide bonds. The highest BCUT2D eigenvalue weighted by molar-refractivity contribution is 5.84. The topological polar surface area (TPSA) is 36.9 Å². The summed E-state index contributed by atoms with van der Waals surface area (Å²) in [5.74, 6) is 0.838. The zero-order chi connectivity index (χ0) is 18.6. The smallest absolute Gasteiger partial charge is 0.147 e. The van der Waals surface area contributed by atoms with Gasteiger partial charge in [0, 0.05) is 7.11 Å². The van der Waals surface area contributed by atoms with E-state index in [0.29, 0.717) is 13.2 Å². The van der Waals surface area contributed by atoms with Gasteiger partial charge >= 0.3 is 0 Å². The van der Waals surface area contributed by atoms with E-state index in [4.69, 9.17) is 18.9 Å². The predicted octanol–water partition coefficient (Wildman–Crippen LogP) is 4.65. The number of hydrogen-bond donors (Lipinski definition) is 0. The summed E-state index contributed by atoms with van der Waals surface area (Å²) in [5.41, 5.74) is 3.37. The lowest BCUT2D eigenvalue weighted by atomic mass is 9.96. The van der Waals surface area contributed by atoms with Crippen molar-refractivity contribution in [3.63, 3.8) is 0 Å². The number of ether oxygens (including phenoxy) is 4. The van der Waals surface area contributed by atoms with E-state index in [1.165, 1.54) is 0 Å². The first-order valence-electron chi connectivity index (χ1n) is 8.87. The van der Waals surface area contributed by atoms with Crippen molar-refractivity contribution in [3.8, 4) is 5.75 Å². The van der Waals surface area contributed by atoms with Gasteiger partial charge in [0.25, 0.3) is 0 Å². The van der Waals surface area contributed by atoms with Crippen LogP contribution in [0.15, 0.2) is 54.6 Å². The van der Waals surface area contributed by atoms with Gasteiger partial charge in [0.15, 0.2) is 0 Å². The molecule has 140 valence electrons. The second kappa shape index (κ2) is 11.5. The maximum atomic E-state index is 6.01. The lowest BCUT2D eigenvalue weighted by Gasteiger charge is -2.21. The molecular weight excluding hydrogens is 328 g/mol. The third-order valence-corrected chi connectivity index (χ3v) is 4.05. The van der Waals surface area contributed by atoms with Gasteiger partial charge in [-0.15, -0.1) is 0 Å². The van der Waals surface area contributed by atoms with Crippen LogP contribution in [0.25, 0.3) is 11.6 Å². The molecule has 2 rings (SSSR count). The number of rotatable bonds is 11. The summed E-state index contributed by atoms with van der Waals surface area (Å²) in [7, 11) is 3.33. The standard InChI is InChI=1S/C22H28O4/c1-4-22(26-17-25-15-14-23-2)21(16-18-8-6-5-7-9-18)19-10-12-20(24-3)13-11-19/h5-13,16,22H,4,14-15,17H2,1-3H3/b21-16-. The Morgan fingerprint density at radius 2 is 1.69 bits per heavy atom. The summed E-state index contributed by atoms with van der Waals surface area (Å²) < 4.78 is 21.8. The highest BCUT2D eigenvalue weighted by atomic mass is 16.7. The van der Waals surface area contributed by atoms with E-state index in [1.807, 2.05) is 30.3 Å². The predicted molar refractivity (Wildman–Crippen MR) is 105 cm³/mol. The van der Waals surface area contributed by atoms with E-state index < -0.39 is 0 Å². The van der Waals surface area contributed by atoms with E-state index in [9.17, 15) is 0 Å². The molecule has 0 aliphatic rings. The second-order valence-corrected chi connectivity index (χ2v) is 5.82. The summed E-state index contributed by atoms with van der Waals surface area (Å²) in [6.45, 7) is 3.44. The maximum Gasteiger partial charge on any atom is 0.147 e. The fourth-order valence-corrected chi connectivity index (χ4v) is 2.63. The molecule has 0 aliphatic heterocycles. The third-order valence-electron chi connectivity index (χ3n) is 4.05. The molecule has 0 N–H and O–H groups in total. The first-order valence-corrected chi connectivity index (χ1v) is 8.87. The fraction of sp³-hybridized carbons (Fsp3) is 0.364. The highest BCUT2D eigenvalue weighted by Gasteiger charge is 2.15. The van der Waals surface area contributed by atoms with Crippen molar-refractivity contribution in [3.05, 3.63) is 65.7 Å². The molecule has 4 heteroatoms. The zero-order valence-electron chi connectivity index (χ0n) is 15.8. The van der Waals surface area contributed by atoms with Gasteiger partial charge in [0.05, 0.1) is 26.4 Å². The zero-order valence-corrected chi connectivity index (χ0v) is 15.8. The SMILES string of the molecule is CCC(OCOCCOC)/C(=C\c1ccccc1)c1ccc(OC)cc1. The molecule has 26 heavy (non-hydrogen) atoms. The molecule has 0 bridgehead atoms. The van der Waals surface area contributed by atoms with Crippen LogP contribution in [0.2, 0.25) is 0 Å². The van der Waals surface area contributed by atoms with E-state index in [1.54, 1.807) is 14.2 Å². The second-order valence-electron chi connectivity index (χ2n) is 5.82. The van der Waals surface area contributed by atoms with Crippen molar-refractivity contribution in [2.24, 2.45) is 0 Å². The van der Waals surface area contributed by atoms with E-state index >= 15 is 0 Å². The molecule has 1 unspecified atom stereocenters. The van der Waals surface area contributed by atoms with Gasteiger partial charge in [0.2, 0.25) is 0 Å². The lowest BCUT2D eigenvalue weighted by Crippen LogP contribution is -2.17. The summed E-state index contributed by atoms with van der Waals surface area (Å²) in [4.78, 5) is 0. The minimum absolute atomic E-state index is 0.0638. The van der Waals surface area contributed by atoms with Gasteiger partial charge in [-0.2, -0.15) is 0 Å². The Morgan fingerprint density at radius 1 is 0.962 bits per heavy atom. The molecule has 0 radical (unpaired) electrons. The summed E-state index contributed by atoms with van der Waals surface area (Å²) >= 11 is 0. The number of methoxy groups -OCH3 is 2. The minimum atomic E-state index is -0.0638. The Balaban J connectivity index is 2.21. The van der Waals surface area contributed by atoms with Crippen LogP contribution < -0.4 is 4.74 Å². The van der Waals surface area contributed by atoms with Crippen LogP contribution >= 0.6 is 0 Å². The van der Waals surface area contributed by atoms with Gasteiger partial charge in [-0.25, -0.2) is 0 Å². The van der Waals surface area contributed by atoms with E-state index in [0.717, 1.165) is 28.9 Å². The van der Waals surface area contributed by atoms with Crippen LogP contribution in [0.1, 0.15) is 24.5 Å². The third kappa shape index (κ3) is 6.30. The molecule has 0 fully saturated rings. The summed E-state index contributed by atoms with van der Waals surface area (Å²) in [6, 6.07) is 18.3. The monoisotopic (exact) mass is 356 g/mol. The molecular formula is C22H28O4. The van der Waals surface area contributed by atoms with Crippen molar-refractivity contribution in [2.45, 2.75) is 19.4 Å². The normalized spacial score (nSPS) is 12.8. The van der Waals surface area contributed by atoms with Crippen LogP contribution in [0.3, 0.4) is 0 Å². The molecule has 4 nitrogen and oxygen atoms in total.